The number of nitrogens with one attached hydrogen (secondary N) is 1. The van der Waals surface area contributed by atoms with Crippen LogP contribution in [0.4, 0.5) is 15.8 Å². The number of rotatable bonds is 6. The lowest BCUT2D eigenvalue weighted by atomic mass is 10.1. The van der Waals surface area contributed by atoms with Crippen molar-refractivity contribution in [3.8, 4) is 17.0 Å². The predicted molar refractivity (Wildman–Crippen MR) is 128 cm³/mol. The minimum absolute atomic E-state index is 0.00954. The van der Waals surface area contributed by atoms with Crippen molar-refractivity contribution in [3.05, 3.63) is 70.6 Å². The number of nitrogens with zero attached hydrogens (tertiary/aromatic N) is 4. The van der Waals surface area contributed by atoms with E-state index < -0.39 is 17.1 Å². The molecule has 0 aliphatic rings. The lowest BCUT2D eigenvalue weighted by molar-refractivity contribution is 0.0960. The Labute approximate surface area is 205 Å². The van der Waals surface area contributed by atoms with Gasteiger partial charge in [0.05, 0.1) is 28.4 Å². The van der Waals surface area contributed by atoms with Crippen LogP contribution in [0, 0.1) is 5.82 Å². The molecule has 4 rings (SSSR count). The monoisotopic (exact) mass is 523 g/mol. The first-order chi connectivity index (χ1) is 16.3. The van der Waals surface area contributed by atoms with Crippen LogP contribution in [0.1, 0.15) is 10.5 Å². The standard InChI is InChI=1S/C21H16Cl2FN5O4S/c1-25-20(30)19-15-5-3-11(9-28(15)10-27-19)17-13(24)4-6-14(18(17)23)29(34(31)32)16-7-12(22)8-26-21(16)33-2/h3-10H,1-2H3,(H,25,30)(H,31,32). The third-order valence-electron chi connectivity index (χ3n) is 4.92. The summed E-state index contributed by atoms with van der Waals surface area (Å²) in [7, 11) is 2.83. The number of anilines is 2. The lowest BCUT2D eigenvalue weighted by Crippen LogP contribution is -2.21. The zero-order chi connectivity index (χ0) is 24.6. The Hall–Kier alpha value is -3.25. The van der Waals surface area contributed by atoms with Crippen LogP contribution in [-0.2, 0) is 11.3 Å². The van der Waals surface area contributed by atoms with Crippen LogP contribution in [0.15, 0.2) is 49.1 Å². The summed E-state index contributed by atoms with van der Waals surface area (Å²) >= 11 is 9.98. The summed E-state index contributed by atoms with van der Waals surface area (Å²) in [5, 5.41) is 2.54. The SMILES string of the molecule is CNC(=O)c1ncn2cc(-c3c(F)ccc(N(c4cc(Cl)cnc4OC)S(=O)O)c3Cl)ccc12. The highest BCUT2D eigenvalue weighted by Crippen LogP contribution is 2.43. The lowest BCUT2D eigenvalue weighted by Gasteiger charge is -2.24. The molecule has 9 nitrogen and oxygen atoms in total. The summed E-state index contributed by atoms with van der Waals surface area (Å²) in [6.07, 6.45) is 4.27. The van der Waals surface area contributed by atoms with Crippen LogP contribution in [-0.4, -0.2) is 43.2 Å². The maximum atomic E-state index is 15.0. The summed E-state index contributed by atoms with van der Waals surface area (Å²) in [5.41, 5.74) is 1.09. The molecule has 13 heteroatoms. The van der Waals surface area contributed by atoms with E-state index in [-0.39, 0.29) is 44.5 Å². The number of benzene rings is 1. The molecule has 4 aromatic rings. The molecule has 1 amide bonds. The molecule has 0 saturated heterocycles. The Morgan fingerprint density at radius 1 is 1.24 bits per heavy atom. The number of hydrogen-bond donors (Lipinski definition) is 2. The predicted octanol–water partition coefficient (Wildman–Crippen LogP) is 4.49. The Kier molecular flexibility index (Phi) is 6.71. The Morgan fingerprint density at radius 3 is 2.68 bits per heavy atom. The molecular weight excluding hydrogens is 508 g/mol. The fourth-order valence-electron chi connectivity index (χ4n) is 3.42. The van der Waals surface area contributed by atoms with Crippen molar-refractivity contribution in [3.63, 3.8) is 0 Å². The van der Waals surface area contributed by atoms with Crippen molar-refractivity contribution in [1.82, 2.24) is 19.7 Å². The Morgan fingerprint density at radius 2 is 2.00 bits per heavy atom. The number of carbonyl (C=O) groups is 1. The van der Waals surface area contributed by atoms with Crippen LogP contribution in [0.5, 0.6) is 5.88 Å². The van der Waals surface area contributed by atoms with E-state index >= 15 is 0 Å². The molecule has 0 spiro atoms. The van der Waals surface area contributed by atoms with Crippen molar-refractivity contribution in [1.29, 1.82) is 0 Å². The molecule has 3 aromatic heterocycles. The molecule has 0 radical (unpaired) electrons. The highest BCUT2D eigenvalue weighted by molar-refractivity contribution is 7.81. The van der Waals surface area contributed by atoms with Crippen LogP contribution < -0.4 is 14.4 Å². The average Bonchev–Trinajstić information content (AvgIpc) is 3.23. The number of ether oxygens (including phenoxy) is 1. The number of carbonyl (C=O) groups excluding carboxylic acids is 1. The van der Waals surface area contributed by atoms with Crippen molar-refractivity contribution in [2.24, 2.45) is 0 Å². The van der Waals surface area contributed by atoms with Gasteiger partial charge >= 0.3 is 0 Å². The van der Waals surface area contributed by atoms with Gasteiger partial charge < -0.3 is 14.5 Å². The Bertz CT molecular complexity index is 1450. The second-order valence-electron chi connectivity index (χ2n) is 6.85. The number of fused-ring (bicyclic) bond motifs is 1. The number of methoxy groups -OCH3 is 1. The molecule has 0 fully saturated rings. The summed E-state index contributed by atoms with van der Waals surface area (Å²) < 4.78 is 45.1. The summed E-state index contributed by atoms with van der Waals surface area (Å²) in [5.74, 6) is -1.03. The Balaban J connectivity index is 1.89. The molecule has 0 aliphatic heterocycles. The van der Waals surface area contributed by atoms with Gasteiger partial charge in [-0.2, -0.15) is 0 Å². The van der Waals surface area contributed by atoms with E-state index in [0.717, 1.165) is 10.4 Å². The van der Waals surface area contributed by atoms with Gasteiger partial charge in [0.15, 0.2) is 5.69 Å². The van der Waals surface area contributed by atoms with Gasteiger partial charge in [0, 0.05) is 30.6 Å². The van der Waals surface area contributed by atoms with Crippen LogP contribution in [0.2, 0.25) is 10.0 Å². The van der Waals surface area contributed by atoms with Gasteiger partial charge in [-0.3, -0.25) is 9.35 Å². The van der Waals surface area contributed by atoms with E-state index in [0.29, 0.717) is 11.1 Å². The molecule has 2 N–H and O–H groups in total. The molecule has 1 unspecified atom stereocenters. The molecule has 34 heavy (non-hydrogen) atoms. The van der Waals surface area contributed by atoms with E-state index in [1.807, 2.05) is 0 Å². The minimum Gasteiger partial charge on any atom is -0.479 e. The molecular formula is C21H16Cl2FN5O4S. The van der Waals surface area contributed by atoms with Gasteiger partial charge in [0.2, 0.25) is 5.88 Å². The zero-order valence-corrected chi connectivity index (χ0v) is 20.0. The van der Waals surface area contributed by atoms with E-state index in [1.54, 1.807) is 22.7 Å². The zero-order valence-electron chi connectivity index (χ0n) is 17.6. The third kappa shape index (κ3) is 4.18. The maximum Gasteiger partial charge on any atom is 0.271 e. The smallest absolute Gasteiger partial charge is 0.271 e. The fraction of sp³-hybridized carbons (Fsp3) is 0.0952. The highest BCUT2D eigenvalue weighted by Gasteiger charge is 2.26. The van der Waals surface area contributed by atoms with E-state index in [1.165, 1.54) is 38.8 Å². The average molecular weight is 524 g/mol. The van der Waals surface area contributed by atoms with Crippen LogP contribution in [0.25, 0.3) is 16.6 Å². The maximum absolute atomic E-state index is 15.0. The number of amides is 1. The summed E-state index contributed by atoms with van der Waals surface area (Å²) in [4.78, 5) is 20.1. The first-order valence-electron chi connectivity index (χ1n) is 9.54. The van der Waals surface area contributed by atoms with E-state index in [9.17, 15) is 17.9 Å². The normalized spacial score (nSPS) is 11.9. The fourth-order valence-corrected chi connectivity index (χ4v) is 4.59. The largest absolute Gasteiger partial charge is 0.479 e. The molecule has 1 atom stereocenters. The number of imidazole rings is 1. The van der Waals surface area contributed by atoms with Gasteiger partial charge in [0.25, 0.3) is 17.2 Å². The second-order valence-corrected chi connectivity index (χ2v) is 8.49. The van der Waals surface area contributed by atoms with Crippen LogP contribution >= 0.6 is 23.2 Å². The first-order valence-corrected chi connectivity index (χ1v) is 11.4. The van der Waals surface area contributed by atoms with Gasteiger partial charge in [-0.05, 0) is 24.3 Å². The first kappa shape index (κ1) is 23.9. The van der Waals surface area contributed by atoms with E-state index in [4.69, 9.17) is 27.9 Å². The van der Waals surface area contributed by atoms with E-state index in [2.05, 4.69) is 15.3 Å². The molecule has 0 saturated carbocycles. The molecule has 3 heterocycles. The van der Waals surface area contributed by atoms with Crippen molar-refractivity contribution in [2.75, 3.05) is 18.5 Å². The number of pyridine rings is 2. The highest BCUT2D eigenvalue weighted by atomic mass is 35.5. The molecule has 1 aromatic carbocycles. The van der Waals surface area contributed by atoms with Gasteiger partial charge in [0.1, 0.15) is 17.8 Å². The van der Waals surface area contributed by atoms with Gasteiger partial charge in [-0.25, -0.2) is 22.9 Å². The van der Waals surface area contributed by atoms with Gasteiger partial charge in [-0.1, -0.05) is 29.3 Å². The van der Waals surface area contributed by atoms with Crippen molar-refractivity contribution in [2.45, 2.75) is 0 Å². The number of hydrogen-bond acceptors (Lipinski definition) is 5. The molecule has 176 valence electrons. The summed E-state index contributed by atoms with van der Waals surface area (Å²) in [6, 6.07) is 6.92. The molecule has 0 aliphatic carbocycles. The molecule has 0 bridgehead atoms. The van der Waals surface area contributed by atoms with Gasteiger partial charge in [-0.15, -0.1) is 0 Å². The second kappa shape index (κ2) is 9.55. The van der Waals surface area contributed by atoms with Crippen molar-refractivity contribution < 1.29 is 22.7 Å². The van der Waals surface area contributed by atoms with Crippen LogP contribution in [0.3, 0.4) is 0 Å². The topological polar surface area (TPSA) is 109 Å². The number of halogens is 3. The summed E-state index contributed by atoms with van der Waals surface area (Å²) in [6.45, 7) is 0. The van der Waals surface area contributed by atoms with Crippen molar-refractivity contribution >= 4 is 57.3 Å². The number of aromatic nitrogens is 3. The minimum atomic E-state index is -2.64. The third-order valence-corrected chi connectivity index (χ3v) is 6.21. The quantitative estimate of drug-likeness (QED) is 0.360.